The first-order valence-electron chi connectivity index (χ1n) is 16.5. The van der Waals surface area contributed by atoms with Crippen LogP contribution in [0.4, 0.5) is 21.0 Å². The van der Waals surface area contributed by atoms with E-state index in [0.717, 1.165) is 63.6 Å². The molecule has 0 saturated carbocycles. The predicted molar refractivity (Wildman–Crippen MR) is 188 cm³/mol. The van der Waals surface area contributed by atoms with Gasteiger partial charge in [-0.3, -0.25) is 9.97 Å². The van der Waals surface area contributed by atoms with E-state index in [2.05, 4.69) is 19.8 Å². The second kappa shape index (κ2) is 18.5. The van der Waals surface area contributed by atoms with Gasteiger partial charge in [0.2, 0.25) is 0 Å². The number of nitrogens with zero attached hydrogens (tertiary/aromatic N) is 6. The zero-order chi connectivity index (χ0) is 34.5. The third-order valence-corrected chi connectivity index (χ3v) is 7.89. The minimum atomic E-state index is -0.461. The van der Waals surface area contributed by atoms with Crippen molar-refractivity contribution in [1.82, 2.24) is 19.8 Å². The highest BCUT2D eigenvalue weighted by Crippen LogP contribution is 2.26. The SMILES string of the molecule is C1CCOC1.CC(C)(C)OC(=O)N1CCCN(c2ccncc2Cl)CC1.CC(C)(C)OC(=O)N1CCCN(c2ccncc2Cl)CC1. The first kappa shape index (κ1) is 38.4. The Kier molecular flexibility index (Phi) is 15.1. The Balaban J connectivity index is 0.000000222. The van der Waals surface area contributed by atoms with Gasteiger partial charge in [0.25, 0.3) is 0 Å². The molecule has 262 valence electrons. The molecule has 0 spiro atoms. The van der Waals surface area contributed by atoms with E-state index in [9.17, 15) is 9.59 Å². The topological polar surface area (TPSA) is 101 Å². The normalized spacial score (nSPS) is 17.4. The highest BCUT2D eigenvalue weighted by atomic mass is 35.5. The summed E-state index contributed by atoms with van der Waals surface area (Å²) in [5, 5.41) is 1.28. The molecule has 47 heavy (non-hydrogen) atoms. The standard InChI is InChI=1S/2C15H22ClN3O2.C4H8O/c2*1-15(2,3)21-14(20)19-8-4-7-18(9-10-19)13-5-6-17-11-12(13)16;1-2-4-5-3-1/h2*5-6,11H,4,7-10H2,1-3H3;1-4H2. The van der Waals surface area contributed by atoms with Gasteiger partial charge in [-0.05, 0) is 79.4 Å². The summed E-state index contributed by atoms with van der Waals surface area (Å²) in [7, 11) is 0. The van der Waals surface area contributed by atoms with Crippen LogP contribution in [0.25, 0.3) is 0 Å². The summed E-state index contributed by atoms with van der Waals surface area (Å²) in [6, 6.07) is 3.82. The molecular formula is C34H52Cl2N6O5. The number of carbonyl (C=O) groups excluding carboxylic acids is 2. The number of hydrogen-bond donors (Lipinski definition) is 0. The molecule has 0 atom stereocenters. The van der Waals surface area contributed by atoms with E-state index in [4.69, 9.17) is 37.4 Å². The molecule has 3 saturated heterocycles. The summed E-state index contributed by atoms with van der Waals surface area (Å²) in [5.74, 6) is 0. The van der Waals surface area contributed by atoms with Crippen LogP contribution in [0.5, 0.6) is 0 Å². The van der Waals surface area contributed by atoms with Crippen molar-refractivity contribution < 1.29 is 23.8 Å². The molecule has 5 rings (SSSR count). The number of rotatable bonds is 2. The highest BCUT2D eigenvalue weighted by molar-refractivity contribution is 6.33. The number of pyridine rings is 2. The van der Waals surface area contributed by atoms with E-state index < -0.39 is 11.2 Å². The molecule has 0 aliphatic carbocycles. The van der Waals surface area contributed by atoms with Crippen LogP contribution in [0.3, 0.4) is 0 Å². The number of halogens is 2. The minimum Gasteiger partial charge on any atom is -0.444 e. The number of hydrogen-bond acceptors (Lipinski definition) is 9. The van der Waals surface area contributed by atoms with Gasteiger partial charge in [-0.2, -0.15) is 0 Å². The molecule has 2 amide bonds. The second-order valence-corrected chi connectivity index (χ2v) is 14.4. The van der Waals surface area contributed by atoms with Gasteiger partial charge in [-0.15, -0.1) is 0 Å². The van der Waals surface area contributed by atoms with Gasteiger partial charge in [0, 0.05) is 90.4 Å². The maximum atomic E-state index is 12.1. The molecule has 2 aromatic rings. The van der Waals surface area contributed by atoms with Crippen molar-refractivity contribution in [3.05, 3.63) is 47.0 Å². The first-order valence-corrected chi connectivity index (χ1v) is 17.2. The van der Waals surface area contributed by atoms with Crippen molar-refractivity contribution in [1.29, 1.82) is 0 Å². The molecule has 0 bridgehead atoms. The van der Waals surface area contributed by atoms with Gasteiger partial charge in [-0.1, -0.05) is 23.2 Å². The molecule has 3 fully saturated rings. The van der Waals surface area contributed by atoms with Gasteiger partial charge in [0.05, 0.1) is 21.4 Å². The molecule has 3 aliphatic heterocycles. The maximum Gasteiger partial charge on any atom is 0.410 e. The summed E-state index contributed by atoms with van der Waals surface area (Å²) in [5.41, 5.74) is 1.02. The lowest BCUT2D eigenvalue weighted by atomic mass is 10.2. The molecule has 13 heteroatoms. The van der Waals surface area contributed by atoms with Crippen LogP contribution >= 0.6 is 23.2 Å². The van der Waals surface area contributed by atoms with Crippen LogP contribution in [-0.4, -0.2) is 109 Å². The number of anilines is 2. The fourth-order valence-corrected chi connectivity index (χ4v) is 5.57. The Bertz CT molecular complexity index is 1170. The molecule has 3 aliphatic rings. The summed E-state index contributed by atoms with van der Waals surface area (Å²) >= 11 is 12.4. The fraction of sp³-hybridized carbons (Fsp3) is 0.647. The van der Waals surface area contributed by atoms with Crippen molar-refractivity contribution in [2.75, 3.05) is 75.4 Å². The fourth-order valence-electron chi connectivity index (χ4n) is 5.09. The Morgan fingerprint density at radius 1 is 0.638 bits per heavy atom. The van der Waals surface area contributed by atoms with E-state index in [1.165, 1.54) is 12.8 Å². The van der Waals surface area contributed by atoms with Crippen molar-refractivity contribution in [3.8, 4) is 0 Å². The van der Waals surface area contributed by atoms with E-state index in [1.54, 1.807) is 34.6 Å². The van der Waals surface area contributed by atoms with E-state index in [0.29, 0.717) is 36.2 Å². The van der Waals surface area contributed by atoms with E-state index in [-0.39, 0.29) is 12.2 Å². The molecular weight excluding hydrogens is 643 g/mol. The largest absolute Gasteiger partial charge is 0.444 e. The summed E-state index contributed by atoms with van der Waals surface area (Å²) in [6.07, 6.45) is 10.6. The first-order chi connectivity index (χ1) is 22.2. The van der Waals surface area contributed by atoms with Crippen LogP contribution in [0, 0.1) is 0 Å². The minimum absolute atomic E-state index is 0.245. The Morgan fingerprint density at radius 2 is 1.04 bits per heavy atom. The van der Waals surface area contributed by atoms with Gasteiger partial charge in [0.15, 0.2) is 0 Å². The molecule has 2 aromatic heterocycles. The molecule has 0 aromatic carbocycles. The van der Waals surface area contributed by atoms with E-state index >= 15 is 0 Å². The van der Waals surface area contributed by atoms with E-state index in [1.807, 2.05) is 53.7 Å². The predicted octanol–water partition coefficient (Wildman–Crippen LogP) is 7.16. The summed E-state index contributed by atoms with van der Waals surface area (Å²) in [4.78, 5) is 40.2. The smallest absolute Gasteiger partial charge is 0.410 e. The number of carbonyl (C=O) groups is 2. The number of amides is 2. The van der Waals surface area contributed by atoms with Crippen molar-refractivity contribution in [3.63, 3.8) is 0 Å². The Hall–Kier alpha value is -3.02. The molecule has 0 unspecified atom stereocenters. The molecule has 11 nitrogen and oxygen atoms in total. The van der Waals surface area contributed by atoms with Crippen LogP contribution in [0.15, 0.2) is 36.9 Å². The van der Waals surface area contributed by atoms with Gasteiger partial charge in [0.1, 0.15) is 11.2 Å². The summed E-state index contributed by atoms with van der Waals surface area (Å²) in [6.45, 7) is 19.2. The zero-order valence-electron chi connectivity index (χ0n) is 28.8. The van der Waals surface area contributed by atoms with Crippen molar-refractivity contribution in [2.24, 2.45) is 0 Å². The maximum absolute atomic E-state index is 12.1. The second-order valence-electron chi connectivity index (χ2n) is 13.6. The van der Waals surface area contributed by atoms with Gasteiger partial charge >= 0.3 is 12.2 Å². The van der Waals surface area contributed by atoms with Crippen LogP contribution < -0.4 is 9.80 Å². The Morgan fingerprint density at radius 3 is 1.36 bits per heavy atom. The molecule has 0 radical (unpaired) electrons. The average molecular weight is 696 g/mol. The highest BCUT2D eigenvalue weighted by Gasteiger charge is 2.26. The zero-order valence-corrected chi connectivity index (χ0v) is 30.4. The van der Waals surface area contributed by atoms with Gasteiger partial charge < -0.3 is 33.8 Å². The lowest BCUT2D eigenvalue weighted by Crippen LogP contribution is -2.39. The van der Waals surface area contributed by atoms with Crippen LogP contribution in [-0.2, 0) is 14.2 Å². The van der Waals surface area contributed by atoms with Gasteiger partial charge in [-0.25, -0.2) is 9.59 Å². The molecule has 5 heterocycles. The number of ether oxygens (including phenoxy) is 3. The third kappa shape index (κ3) is 13.9. The van der Waals surface area contributed by atoms with Crippen LogP contribution in [0.1, 0.15) is 67.2 Å². The monoisotopic (exact) mass is 694 g/mol. The third-order valence-electron chi connectivity index (χ3n) is 7.31. The average Bonchev–Trinajstić information content (AvgIpc) is 3.36. The lowest BCUT2D eigenvalue weighted by molar-refractivity contribution is 0.0252. The molecule has 0 N–H and O–H groups in total. The quantitative estimate of drug-likeness (QED) is 0.324. The van der Waals surface area contributed by atoms with Crippen molar-refractivity contribution >= 4 is 46.8 Å². The van der Waals surface area contributed by atoms with Crippen molar-refractivity contribution in [2.45, 2.75) is 78.4 Å². The Labute approximate surface area is 290 Å². The lowest BCUT2D eigenvalue weighted by Gasteiger charge is -2.27. The summed E-state index contributed by atoms with van der Waals surface area (Å²) < 4.78 is 15.8. The number of aromatic nitrogens is 2. The van der Waals surface area contributed by atoms with Crippen LogP contribution in [0.2, 0.25) is 10.0 Å².